The maximum absolute atomic E-state index is 5.79. The lowest BCUT2D eigenvalue weighted by atomic mass is 9.99. The normalized spacial score (nSPS) is 19.2. The molecule has 1 N–H and O–H groups in total. The van der Waals surface area contributed by atoms with Gasteiger partial charge in [0.05, 0.1) is 6.54 Å². The molecule has 1 saturated heterocycles. The Hall–Kier alpha value is -1.58. The highest BCUT2D eigenvalue weighted by Crippen LogP contribution is 2.28. The molecule has 0 amide bonds. The van der Waals surface area contributed by atoms with Crippen LogP contribution in [0.25, 0.3) is 0 Å². The summed E-state index contributed by atoms with van der Waals surface area (Å²) in [5.41, 5.74) is 2.80. The van der Waals surface area contributed by atoms with Crippen LogP contribution in [0, 0.1) is 6.92 Å². The smallest absolute Gasteiger partial charge is 0.118 e. The first-order valence-corrected chi connectivity index (χ1v) is 7.76. The molecule has 3 rings (SSSR count). The number of nitrogens with one attached hydrogen (secondary N) is 1. The molecular formula is C18H24N2O. The Morgan fingerprint density at radius 3 is 2.86 bits per heavy atom. The third kappa shape index (κ3) is 3.36. The van der Waals surface area contributed by atoms with Crippen LogP contribution >= 0.6 is 0 Å². The van der Waals surface area contributed by atoms with Gasteiger partial charge in [-0.05, 0) is 44.5 Å². The fraction of sp³-hybridized carbons (Fsp3) is 0.444. The monoisotopic (exact) mass is 284 g/mol. The first-order valence-electron chi connectivity index (χ1n) is 7.76. The molecule has 0 spiro atoms. The van der Waals surface area contributed by atoms with Gasteiger partial charge < -0.3 is 9.73 Å². The second-order valence-electron chi connectivity index (χ2n) is 5.96. The van der Waals surface area contributed by atoms with Gasteiger partial charge in [0.25, 0.3) is 0 Å². The fourth-order valence-corrected chi connectivity index (χ4v) is 3.22. The fourth-order valence-electron chi connectivity index (χ4n) is 3.22. The molecule has 0 saturated carbocycles. The van der Waals surface area contributed by atoms with Gasteiger partial charge in [0, 0.05) is 18.7 Å². The van der Waals surface area contributed by atoms with Crippen LogP contribution in [0.3, 0.4) is 0 Å². The van der Waals surface area contributed by atoms with E-state index in [4.69, 9.17) is 4.42 Å². The van der Waals surface area contributed by atoms with Crippen molar-refractivity contribution < 1.29 is 4.42 Å². The molecule has 1 aromatic carbocycles. The summed E-state index contributed by atoms with van der Waals surface area (Å²) in [7, 11) is 1.95. The lowest BCUT2D eigenvalue weighted by Gasteiger charge is -2.15. The van der Waals surface area contributed by atoms with E-state index in [0.29, 0.717) is 5.92 Å². The van der Waals surface area contributed by atoms with Crippen LogP contribution in [0.5, 0.6) is 0 Å². The van der Waals surface area contributed by atoms with E-state index in [9.17, 15) is 0 Å². The minimum absolute atomic E-state index is 0.676. The zero-order chi connectivity index (χ0) is 14.7. The van der Waals surface area contributed by atoms with Crippen molar-refractivity contribution in [3.63, 3.8) is 0 Å². The maximum Gasteiger partial charge on any atom is 0.118 e. The number of rotatable bonds is 5. The van der Waals surface area contributed by atoms with Crippen LogP contribution in [0.15, 0.2) is 40.8 Å². The van der Waals surface area contributed by atoms with Crippen LogP contribution in [0.4, 0.5) is 0 Å². The molecule has 1 fully saturated rings. The number of furan rings is 1. The number of benzene rings is 1. The largest absolute Gasteiger partial charge is 0.465 e. The summed E-state index contributed by atoms with van der Waals surface area (Å²) in [5.74, 6) is 2.77. The number of nitrogens with zero attached hydrogens (tertiary/aromatic N) is 1. The van der Waals surface area contributed by atoms with Crippen LogP contribution in [-0.4, -0.2) is 25.0 Å². The first kappa shape index (κ1) is 14.4. The zero-order valence-corrected chi connectivity index (χ0v) is 12.9. The van der Waals surface area contributed by atoms with E-state index < -0.39 is 0 Å². The van der Waals surface area contributed by atoms with Gasteiger partial charge in [-0.1, -0.05) is 30.3 Å². The van der Waals surface area contributed by atoms with Gasteiger partial charge in [0.1, 0.15) is 11.5 Å². The quantitative estimate of drug-likeness (QED) is 0.913. The van der Waals surface area contributed by atoms with Crippen molar-refractivity contribution in [3.8, 4) is 0 Å². The van der Waals surface area contributed by atoms with E-state index in [1.165, 1.54) is 24.1 Å². The highest BCUT2D eigenvalue weighted by Gasteiger charge is 2.24. The zero-order valence-electron chi connectivity index (χ0n) is 12.9. The molecule has 2 heterocycles. The van der Waals surface area contributed by atoms with Crippen molar-refractivity contribution in [2.24, 2.45) is 0 Å². The maximum atomic E-state index is 5.79. The Labute approximate surface area is 127 Å². The summed E-state index contributed by atoms with van der Waals surface area (Å²) in [6.07, 6.45) is 1.25. The Morgan fingerprint density at radius 1 is 1.29 bits per heavy atom. The summed E-state index contributed by atoms with van der Waals surface area (Å²) in [4.78, 5) is 2.54. The highest BCUT2D eigenvalue weighted by molar-refractivity contribution is 5.23. The molecular weight excluding hydrogens is 260 g/mol. The first-order chi connectivity index (χ1) is 10.3. The molecule has 1 unspecified atom stereocenters. The lowest BCUT2D eigenvalue weighted by molar-refractivity contribution is 0.324. The van der Waals surface area contributed by atoms with E-state index >= 15 is 0 Å². The molecule has 1 aliphatic rings. The number of aryl methyl sites for hydroxylation is 1. The van der Waals surface area contributed by atoms with Crippen LogP contribution in [-0.2, 0) is 13.1 Å². The van der Waals surface area contributed by atoms with Crippen molar-refractivity contribution in [1.82, 2.24) is 10.2 Å². The molecule has 0 aliphatic carbocycles. The van der Waals surface area contributed by atoms with Gasteiger partial charge in [0.15, 0.2) is 0 Å². The Morgan fingerprint density at radius 2 is 2.10 bits per heavy atom. The molecule has 1 atom stereocenters. The van der Waals surface area contributed by atoms with E-state index in [0.717, 1.165) is 31.2 Å². The van der Waals surface area contributed by atoms with Crippen molar-refractivity contribution in [2.75, 3.05) is 20.1 Å². The topological polar surface area (TPSA) is 28.4 Å². The number of likely N-dealkylation sites (tertiary alicyclic amines) is 1. The molecule has 0 radical (unpaired) electrons. The summed E-state index contributed by atoms with van der Waals surface area (Å²) >= 11 is 0. The minimum atomic E-state index is 0.676. The number of hydrogen-bond acceptors (Lipinski definition) is 3. The minimum Gasteiger partial charge on any atom is -0.465 e. The Balaban J connectivity index is 1.62. The van der Waals surface area contributed by atoms with Gasteiger partial charge >= 0.3 is 0 Å². The van der Waals surface area contributed by atoms with Crippen molar-refractivity contribution in [2.45, 2.75) is 32.4 Å². The SMILES string of the molecule is CNCc1cc(CN2CCC(c3ccccc3)C2)c(C)o1. The van der Waals surface area contributed by atoms with Crippen LogP contribution in [0.2, 0.25) is 0 Å². The second kappa shape index (κ2) is 6.46. The molecule has 0 bridgehead atoms. The van der Waals surface area contributed by atoms with Crippen LogP contribution < -0.4 is 5.32 Å². The third-order valence-corrected chi connectivity index (χ3v) is 4.36. The molecule has 2 aromatic rings. The Bertz CT molecular complexity index is 576. The molecule has 1 aromatic heterocycles. The number of hydrogen-bond donors (Lipinski definition) is 1. The lowest BCUT2D eigenvalue weighted by Crippen LogP contribution is -2.19. The van der Waals surface area contributed by atoms with Gasteiger partial charge in [-0.25, -0.2) is 0 Å². The van der Waals surface area contributed by atoms with Crippen molar-refractivity contribution >= 4 is 0 Å². The van der Waals surface area contributed by atoms with Gasteiger partial charge in [-0.2, -0.15) is 0 Å². The van der Waals surface area contributed by atoms with E-state index in [-0.39, 0.29) is 0 Å². The highest BCUT2D eigenvalue weighted by atomic mass is 16.3. The van der Waals surface area contributed by atoms with Crippen molar-refractivity contribution in [3.05, 3.63) is 59.0 Å². The molecule has 3 nitrogen and oxygen atoms in total. The molecule has 112 valence electrons. The average Bonchev–Trinajstić information content (AvgIpc) is 3.09. The molecule has 1 aliphatic heterocycles. The van der Waals surface area contributed by atoms with E-state index in [1.807, 2.05) is 7.05 Å². The van der Waals surface area contributed by atoms with Gasteiger partial charge in [-0.3, -0.25) is 4.90 Å². The van der Waals surface area contributed by atoms with Crippen LogP contribution in [0.1, 0.15) is 35.0 Å². The predicted octanol–water partition coefficient (Wildman–Crippen LogP) is 3.30. The van der Waals surface area contributed by atoms with Gasteiger partial charge in [-0.15, -0.1) is 0 Å². The average molecular weight is 284 g/mol. The van der Waals surface area contributed by atoms with E-state index in [2.05, 4.69) is 53.5 Å². The molecule has 3 heteroatoms. The third-order valence-electron chi connectivity index (χ3n) is 4.36. The van der Waals surface area contributed by atoms with Crippen molar-refractivity contribution in [1.29, 1.82) is 0 Å². The molecule has 21 heavy (non-hydrogen) atoms. The summed E-state index contributed by atoms with van der Waals surface area (Å²) < 4.78 is 5.79. The predicted molar refractivity (Wildman–Crippen MR) is 85.3 cm³/mol. The van der Waals surface area contributed by atoms with Gasteiger partial charge in [0.2, 0.25) is 0 Å². The summed E-state index contributed by atoms with van der Waals surface area (Å²) in [6.45, 7) is 6.19. The summed E-state index contributed by atoms with van der Waals surface area (Å²) in [6, 6.07) is 13.1. The van der Waals surface area contributed by atoms with E-state index in [1.54, 1.807) is 0 Å². The second-order valence-corrected chi connectivity index (χ2v) is 5.96. The Kier molecular flexibility index (Phi) is 4.42. The standard InChI is InChI=1S/C18H24N2O/c1-14-17(10-18(21-14)11-19-2)13-20-9-8-16(12-20)15-6-4-3-5-7-15/h3-7,10,16,19H,8-9,11-13H2,1-2H3. The summed E-state index contributed by atoms with van der Waals surface area (Å²) in [5, 5.41) is 3.14.